The topological polar surface area (TPSA) is 116 Å². The van der Waals surface area contributed by atoms with Gasteiger partial charge in [-0.25, -0.2) is 9.97 Å². The fourth-order valence-corrected chi connectivity index (χ4v) is 2.34. The zero-order chi connectivity index (χ0) is 17.8. The number of nitrogens with zero attached hydrogens (tertiary/aromatic N) is 2. The quantitative estimate of drug-likeness (QED) is 0.617. The van der Waals surface area contributed by atoms with Gasteiger partial charge in [-0.15, -0.1) is 0 Å². The molecule has 1 amide bonds. The molecule has 7 heteroatoms. The average Bonchev–Trinajstić information content (AvgIpc) is 2.63. The van der Waals surface area contributed by atoms with E-state index in [2.05, 4.69) is 15.3 Å². The van der Waals surface area contributed by atoms with Crippen LogP contribution in [0.4, 0.5) is 17.3 Å². The molecule has 1 heterocycles. The minimum absolute atomic E-state index is 0.298. The van der Waals surface area contributed by atoms with Crippen molar-refractivity contribution in [3.63, 3.8) is 0 Å². The Bertz CT molecular complexity index is 910. The van der Waals surface area contributed by atoms with Crippen molar-refractivity contribution in [1.29, 1.82) is 0 Å². The third-order valence-corrected chi connectivity index (χ3v) is 3.58. The standard InChI is InChI=1S/C18H17N5O2/c1-25-16-7-2-11(10-14(16)17(20)24)15-8-9-21-18(23-15)22-13-5-3-12(19)4-6-13/h2-10H,19H2,1H3,(H2,20,24)(H,21,22,23). The molecule has 3 rings (SSSR count). The number of carbonyl (C=O) groups is 1. The van der Waals surface area contributed by atoms with Gasteiger partial charge in [-0.05, 0) is 48.5 Å². The smallest absolute Gasteiger partial charge is 0.252 e. The predicted molar refractivity (Wildman–Crippen MR) is 96.7 cm³/mol. The molecule has 0 unspecified atom stereocenters. The number of carbonyl (C=O) groups excluding carboxylic acids is 1. The summed E-state index contributed by atoms with van der Waals surface area (Å²) in [6.45, 7) is 0. The van der Waals surface area contributed by atoms with Crippen LogP contribution in [-0.4, -0.2) is 23.0 Å². The summed E-state index contributed by atoms with van der Waals surface area (Å²) in [7, 11) is 1.49. The highest BCUT2D eigenvalue weighted by atomic mass is 16.5. The lowest BCUT2D eigenvalue weighted by molar-refractivity contribution is 0.0997. The first-order chi connectivity index (χ1) is 12.1. The monoisotopic (exact) mass is 335 g/mol. The van der Waals surface area contributed by atoms with Crippen LogP contribution in [-0.2, 0) is 0 Å². The summed E-state index contributed by atoms with van der Waals surface area (Å²) in [4.78, 5) is 20.3. The van der Waals surface area contributed by atoms with E-state index in [1.807, 2.05) is 12.1 Å². The van der Waals surface area contributed by atoms with E-state index in [1.165, 1.54) is 7.11 Å². The Labute approximate surface area is 144 Å². The lowest BCUT2D eigenvalue weighted by Gasteiger charge is -2.09. The van der Waals surface area contributed by atoms with Gasteiger partial charge < -0.3 is 21.5 Å². The van der Waals surface area contributed by atoms with Gasteiger partial charge >= 0.3 is 0 Å². The van der Waals surface area contributed by atoms with Gasteiger partial charge in [0.1, 0.15) is 5.75 Å². The van der Waals surface area contributed by atoms with Gasteiger partial charge in [-0.2, -0.15) is 0 Å². The molecule has 1 aromatic heterocycles. The number of hydrogen-bond donors (Lipinski definition) is 3. The van der Waals surface area contributed by atoms with E-state index in [9.17, 15) is 4.79 Å². The van der Waals surface area contributed by atoms with Crippen LogP contribution < -0.4 is 21.5 Å². The second kappa shape index (κ2) is 6.88. The summed E-state index contributed by atoms with van der Waals surface area (Å²) in [6, 6.07) is 14.1. The van der Waals surface area contributed by atoms with Crippen LogP contribution in [0.3, 0.4) is 0 Å². The first kappa shape index (κ1) is 16.3. The van der Waals surface area contributed by atoms with Crippen LogP contribution in [0.2, 0.25) is 0 Å². The van der Waals surface area contributed by atoms with Gasteiger partial charge in [0, 0.05) is 23.1 Å². The number of primary amides is 1. The van der Waals surface area contributed by atoms with Crippen molar-refractivity contribution < 1.29 is 9.53 Å². The summed E-state index contributed by atoms with van der Waals surface area (Å²) >= 11 is 0. The summed E-state index contributed by atoms with van der Waals surface area (Å²) < 4.78 is 5.15. The molecule has 2 aromatic carbocycles. The number of ether oxygens (including phenoxy) is 1. The largest absolute Gasteiger partial charge is 0.496 e. The lowest BCUT2D eigenvalue weighted by Crippen LogP contribution is -2.12. The van der Waals surface area contributed by atoms with Crippen molar-refractivity contribution in [2.75, 3.05) is 18.2 Å². The second-order valence-electron chi connectivity index (χ2n) is 5.29. The number of nitrogens with one attached hydrogen (secondary N) is 1. The molecule has 3 aromatic rings. The molecular weight excluding hydrogens is 318 g/mol. The number of hydrogen-bond acceptors (Lipinski definition) is 6. The molecule has 0 aliphatic heterocycles. The van der Waals surface area contributed by atoms with Gasteiger partial charge in [0.2, 0.25) is 5.95 Å². The molecule has 0 aliphatic rings. The molecule has 7 nitrogen and oxygen atoms in total. The number of anilines is 3. The minimum Gasteiger partial charge on any atom is -0.496 e. The Kier molecular flexibility index (Phi) is 4.47. The number of aromatic nitrogens is 2. The van der Waals surface area contributed by atoms with Gasteiger partial charge in [0.25, 0.3) is 5.91 Å². The maximum Gasteiger partial charge on any atom is 0.252 e. The summed E-state index contributed by atoms with van der Waals surface area (Å²) in [6.07, 6.45) is 1.64. The van der Waals surface area contributed by atoms with Gasteiger partial charge in [0.15, 0.2) is 0 Å². The Morgan fingerprint density at radius 3 is 2.56 bits per heavy atom. The number of nitrogens with two attached hydrogens (primary N) is 2. The first-order valence-corrected chi connectivity index (χ1v) is 7.50. The van der Waals surface area contributed by atoms with Crippen molar-refractivity contribution in [2.24, 2.45) is 5.73 Å². The Morgan fingerprint density at radius 2 is 1.88 bits per heavy atom. The Balaban J connectivity index is 1.92. The zero-order valence-electron chi connectivity index (χ0n) is 13.6. The summed E-state index contributed by atoms with van der Waals surface area (Å²) in [5, 5.41) is 3.11. The molecule has 0 atom stereocenters. The second-order valence-corrected chi connectivity index (χ2v) is 5.29. The van der Waals surface area contributed by atoms with Crippen LogP contribution in [0.15, 0.2) is 54.7 Å². The normalized spacial score (nSPS) is 10.3. The number of rotatable bonds is 5. The fourth-order valence-electron chi connectivity index (χ4n) is 2.34. The summed E-state index contributed by atoms with van der Waals surface area (Å²) in [5.41, 5.74) is 14.3. The first-order valence-electron chi connectivity index (χ1n) is 7.50. The maximum atomic E-state index is 11.6. The number of amides is 1. The van der Waals surface area contributed by atoms with Gasteiger partial charge in [0.05, 0.1) is 18.4 Å². The van der Waals surface area contributed by atoms with Gasteiger partial charge in [-0.1, -0.05) is 0 Å². The minimum atomic E-state index is -0.562. The zero-order valence-corrected chi connectivity index (χ0v) is 13.6. The summed E-state index contributed by atoms with van der Waals surface area (Å²) in [5.74, 6) is 0.289. The van der Waals surface area contributed by atoms with Crippen LogP contribution in [0, 0.1) is 0 Å². The van der Waals surface area contributed by atoms with E-state index in [-0.39, 0.29) is 0 Å². The average molecular weight is 335 g/mol. The van der Waals surface area contributed by atoms with Crippen molar-refractivity contribution in [3.05, 3.63) is 60.3 Å². The predicted octanol–water partition coefficient (Wildman–Crippen LogP) is 2.58. The molecule has 0 radical (unpaired) electrons. The van der Waals surface area contributed by atoms with Gasteiger partial charge in [-0.3, -0.25) is 4.79 Å². The molecule has 126 valence electrons. The van der Waals surface area contributed by atoms with E-state index in [0.29, 0.717) is 28.6 Å². The van der Waals surface area contributed by atoms with Crippen molar-refractivity contribution in [3.8, 4) is 17.0 Å². The van der Waals surface area contributed by atoms with Crippen LogP contribution in [0.25, 0.3) is 11.3 Å². The van der Waals surface area contributed by atoms with Crippen molar-refractivity contribution in [2.45, 2.75) is 0 Å². The van der Waals surface area contributed by atoms with E-state index < -0.39 is 5.91 Å². The highest BCUT2D eigenvalue weighted by Gasteiger charge is 2.12. The number of nitrogen functional groups attached to an aromatic ring is 1. The van der Waals surface area contributed by atoms with Crippen LogP contribution in [0.5, 0.6) is 5.75 Å². The van der Waals surface area contributed by atoms with E-state index in [0.717, 1.165) is 11.3 Å². The van der Waals surface area contributed by atoms with E-state index in [4.69, 9.17) is 16.2 Å². The molecule has 5 N–H and O–H groups in total. The molecule has 0 bridgehead atoms. The molecule has 0 aliphatic carbocycles. The highest BCUT2D eigenvalue weighted by Crippen LogP contribution is 2.26. The fraction of sp³-hybridized carbons (Fsp3) is 0.0556. The van der Waals surface area contributed by atoms with Crippen LogP contribution in [0.1, 0.15) is 10.4 Å². The Hall–Kier alpha value is -3.61. The Morgan fingerprint density at radius 1 is 1.12 bits per heavy atom. The maximum absolute atomic E-state index is 11.6. The van der Waals surface area contributed by atoms with Crippen LogP contribution >= 0.6 is 0 Å². The molecule has 0 spiro atoms. The van der Waals surface area contributed by atoms with E-state index >= 15 is 0 Å². The third kappa shape index (κ3) is 3.66. The van der Waals surface area contributed by atoms with E-state index in [1.54, 1.807) is 42.6 Å². The molecule has 0 fully saturated rings. The molecule has 0 saturated carbocycles. The SMILES string of the molecule is COc1ccc(-c2ccnc(Nc3ccc(N)cc3)n2)cc1C(N)=O. The third-order valence-electron chi connectivity index (χ3n) is 3.58. The molecule has 0 saturated heterocycles. The number of methoxy groups -OCH3 is 1. The lowest BCUT2D eigenvalue weighted by atomic mass is 10.1. The molecular formula is C18H17N5O2. The van der Waals surface area contributed by atoms with Crippen molar-refractivity contribution in [1.82, 2.24) is 9.97 Å². The highest BCUT2D eigenvalue weighted by molar-refractivity contribution is 5.97. The molecule has 25 heavy (non-hydrogen) atoms. The number of benzene rings is 2. The van der Waals surface area contributed by atoms with Crippen molar-refractivity contribution >= 4 is 23.2 Å².